The number of aliphatic hydroxyl groups is 1. The van der Waals surface area contributed by atoms with Gasteiger partial charge in [-0.25, -0.2) is 9.86 Å². The van der Waals surface area contributed by atoms with Crippen molar-refractivity contribution in [2.45, 2.75) is 51.9 Å². The Morgan fingerprint density at radius 1 is 1.34 bits per heavy atom. The summed E-state index contributed by atoms with van der Waals surface area (Å²) in [5, 5.41) is 16.8. The third kappa shape index (κ3) is 4.19. The number of hydrogen-bond donors (Lipinski definition) is 2. The molecule has 0 aliphatic carbocycles. The number of aryl methyl sites for hydroxylation is 1. The first-order valence-electron chi connectivity index (χ1n) is 10.7. The number of carbonyl (C=O) groups excluding carboxylic acids is 1. The number of nitrogens with one attached hydrogen (secondary N) is 1. The number of aromatic nitrogens is 4. The second-order valence-corrected chi connectivity index (χ2v) is 10.2. The van der Waals surface area contributed by atoms with E-state index in [-0.39, 0.29) is 51.5 Å². The van der Waals surface area contributed by atoms with Crippen molar-refractivity contribution < 1.29 is 27.9 Å². The molecule has 1 aliphatic heterocycles. The van der Waals surface area contributed by atoms with Crippen molar-refractivity contribution in [2.24, 2.45) is 7.05 Å². The Bertz CT molecular complexity index is 1450. The molecule has 4 rings (SSSR count). The van der Waals surface area contributed by atoms with E-state index in [1.165, 1.54) is 25.5 Å². The highest BCUT2D eigenvalue weighted by Crippen LogP contribution is 2.37. The molecular formula is C21H24F3N5O5S. The number of alkyl halides is 3. The van der Waals surface area contributed by atoms with Gasteiger partial charge in [0.2, 0.25) is 0 Å². The van der Waals surface area contributed by atoms with E-state index in [0.29, 0.717) is 0 Å². The van der Waals surface area contributed by atoms with E-state index in [0.717, 1.165) is 21.0 Å². The molecule has 190 valence electrons. The molecule has 10 nitrogen and oxygen atoms in total. The zero-order valence-electron chi connectivity index (χ0n) is 19.6. The average molecular weight is 516 g/mol. The molecular weight excluding hydrogens is 491 g/mol. The molecule has 35 heavy (non-hydrogen) atoms. The quantitative estimate of drug-likeness (QED) is 0.549. The second-order valence-electron chi connectivity index (χ2n) is 9.15. The zero-order valence-corrected chi connectivity index (χ0v) is 20.4. The van der Waals surface area contributed by atoms with Gasteiger partial charge in [0, 0.05) is 35.6 Å². The minimum Gasteiger partial charge on any atom is -0.386 e. The van der Waals surface area contributed by atoms with Gasteiger partial charge in [-0.3, -0.25) is 28.7 Å². The standard InChI is InChI=1S/C21H24F3N5O5S/c1-9(2)29-18-14(16(30)27(5)19(29)32)13(17(31)28-7-20(4,33)8-34-28)12(35-18)6-11-10(3)25-26-15(11)21(22,23)24/h9,33H,6-8H2,1-5H3,(H,25,26)/t20-/m1/s1. The summed E-state index contributed by atoms with van der Waals surface area (Å²) >= 11 is 0.904. The van der Waals surface area contributed by atoms with E-state index in [1.807, 2.05) is 0 Å². The zero-order chi connectivity index (χ0) is 26.0. The summed E-state index contributed by atoms with van der Waals surface area (Å²) in [6, 6.07) is -0.406. The number of carbonyl (C=O) groups is 1. The Morgan fingerprint density at radius 2 is 2.00 bits per heavy atom. The molecule has 4 heterocycles. The molecule has 0 saturated carbocycles. The van der Waals surface area contributed by atoms with Crippen LogP contribution in [0.5, 0.6) is 0 Å². The van der Waals surface area contributed by atoms with Crippen LogP contribution in [0.2, 0.25) is 0 Å². The van der Waals surface area contributed by atoms with Crippen LogP contribution in [0.4, 0.5) is 13.2 Å². The van der Waals surface area contributed by atoms with Gasteiger partial charge < -0.3 is 5.11 Å². The van der Waals surface area contributed by atoms with Gasteiger partial charge in [-0.05, 0) is 27.7 Å². The number of thiophene rings is 1. The molecule has 0 radical (unpaired) electrons. The molecule has 1 amide bonds. The van der Waals surface area contributed by atoms with Crippen LogP contribution < -0.4 is 11.2 Å². The Morgan fingerprint density at radius 3 is 2.54 bits per heavy atom. The fourth-order valence-corrected chi connectivity index (χ4v) is 5.50. The second kappa shape index (κ2) is 8.31. The first kappa shape index (κ1) is 25.1. The summed E-state index contributed by atoms with van der Waals surface area (Å²) in [6.45, 7) is 5.95. The van der Waals surface area contributed by atoms with Gasteiger partial charge in [0.15, 0.2) is 5.69 Å². The minimum absolute atomic E-state index is 0.0874. The first-order valence-corrected chi connectivity index (χ1v) is 11.5. The van der Waals surface area contributed by atoms with E-state index in [2.05, 4.69) is 10.2 Å². The van der Waals surface area contributed by atoms with E-state index in [4.69, 9.17) is 4.84 Å². The lowest BCUT2D eigenvalue weighted by molar-refractivity contribution is -0.141. The van der Waals surface area contributed by atoms with Crippen LogP contribution in [0.1, 0.15) is 59.0 Å². The van der Waals surface area contributed by atoms with Gasteiger partial charge in [-0.2, -0.15) is 18.3 Å². The molecule has 1 atom stereocenters. The molecule has 1 aliphatic rings. The van der Waals surface area contributed by atoms with Gasteiger partial charge in [0.05, 0.1) is 17.5 Å². The SMILES string of the molecule is Cc1[nH]nc(C(F)(F)F)c1Cc1sc2c(c1C(=O)N1C[C@@](C)(O)CO1)c(=O)n(C)c(=O)n2C(C)C. The van der Waals surface area contributed by atoms with Crippen LogP contribution in [-0.2, 0) is 24.5 Å². The fourth-order valence-electron chi connectivity index (χ4n) is 4.08. The lowest BCUT2D eigenvalue weighted by Gasteiger charge is -2.17. The third-order valence-electron chi connectivity index (χ3n) is 5.85. The minimum atomic E-state index is -4.74. The predicted octanol–water partition coefficient (Wildman–Crippen LogP) is 2.12. The lowest BCUT2D eigenvalue weighted by atomic mass is 10.0. The van der Waals surface area contributed by atoms with Crippen molar-refractivity contribution in [3.05, 3.63) is 48.2 Å². The van der Waals surface area contributed by atoms with Crippen molar-refractivity contribution in [1.29, 1.82) is 0 Å². The highest BCUT2D eigenvalue weighted by atomic mass is 32.1. The summed E-state index contributed by atoms with van der Waals surface area (Å²) < 4.78 is 43.0. The molecule has 0 unspecified atom stereocenters. The average Bonchev–Trinajstić information content (AvgIpc) is 3.41. The molecule has 0 spiro atoms. The van der Waals surface area contributed by atoms with Crippen LogP contribution in [0.25, 0.3) is 10.2 Å². The molecule has 2 N–H and O–H groups in total. The van der Waals surface area contributed by atoms with Crippen LogP contribution in [0, 0.1) is 6.92 Å². The number of hydroxylamine groups is 2. The maximum atomic E-state index is 13.6. The Kier molecular flexibility index (Phi) is 5.97. The molecule has 0 bridgehead atoms. The number of amides is 1. The number of hydrogen-bond acceptors (Lipinski definition) is 7. The Hall–Kier alpha value is -2.97. The third-order valence-corrected chi connectivity index (χ3v) is 7.03. The van der Waals surface area contributed by atoms with Crippen molar-refractivity contribution in [2.75, 3.05) is 13.2 Å². The van der Waals surface area contributed by atoms with Gasteiger partial charge in [0.1, 0.15) is 17.0 Å². The van der Waals surface area contributed by atoms with Crippen LogP contribution in [-0.4, -0.2) is 54.2 Å². The van der Waals surface area contributed by atoms with Crippen LogP contribution in [0.15, 0.2) is 9.59 Å². The summed E-state index contributed by atoms with van der Waals surface area (Å²) in [5.74, 6) is -0.787. The Labute approximate surface area is 200 Å². The number of nitrogens with zero attached hydrogens (tertiary/aromatic N) is 4. The Balaban J connectivity index is 2.02. The summed E-state index contributed by atoms with van der Waals surface area (Å²) in [5.41, 5.74) is -4.01. The van der Waals surface area contributed by atoms with Gasteiger partial charge in [-0.1, -0.05) is 0 Å². The highest BCUT2D eigenvalue weighted by Gasteiger charge is 2.41. The van der Waals surface area contributed by atoms with Crippen molar-refractivity contribution in [3.63, 3.8) is 0 Å². The molecule has 1 saturated heterocycles. The lowest BCUT2D eigenvalue weighted by Crippen LogP contribution is -2.39. The molecule has 0 aromatic carbocycles. The number of halogens is 3. The maximum Gasteiger partial charge on any atom is 0.435 e. The number of rotatable bonds is 4. The predicted molar refractivity (Wildman–Crippen MR) is 120 cm³/mol. The van der Waals surface area contributed by atoms with Crippen molar-refractivity contribution >= 4 is 27.5 Å². The van der Waals surface area contributed by atoms with E-state index < -0.39 is 40.7 Å². The summed E-state index contributed by atoms with van der Waals surface area (Å²) in [4.78, 5) is 45.3. The smallest absolute Gasteiger partial charge is 0.386 e. The van der Waals surface area contributed by atoms with Crippen LogP contribution >= 0.6 is 11.3 Å². The monoisotopic (exact) mass is 515 g/mol. The molecule has 3 aromatic rings. The number of fused-ring (bicyclic) bond motifs is 1. The van der Waals surface area contributed by atoms with E-state index >= 15 is 0 Å². The van der Waals surface area contributed by atoms with Gasteiger partial charge >= 0.3 is 11.9 Å². The molecule has 1 fully saturated rings. The molecule has 3 aromatic heterocycles. The number of aromatic amines is 1. The summed E-state index contributed by atoms with van der Waals surface area (Å²) in [6.07, 6.45) is -5.11. The normalized spacial score (nSPS) is 18.9. The van der Waals surface area contributed by atoms with Crippen molar-refractivity contribution in [3.8, 4) is 0 Å². The fraction of sp³-hybridized carbons (Fsp3) is 0.524. The highest BCUT2D eigenvalue weighted by molar-refractivity contribution is 7.19. The van der Waals surface area contributed by atoms with E-state index in [1.54, 1.807) is 13.8 Å². The topological polar surface area (TPSA) is 122 Å². The largest absolute Gasteiger partial charge is 0.435 e. The molecule has 14 heteroatoms. The first-order chi connectivity index (χ1) is 16.1. The van der Waals surface area contributed by atoms with Gasteiger partial charge in [-0.15, -0.1) is 11.3 Å². The number of H-pyrrole nitrogens is 1. The van der Waals surface area contributed by atoms with Crippen molar-refractivity contribution in [1.82, 2.24) is 24.4 Å². The van der Waals surface area contributed by atoms with E-state index in [9.17, 15) is 32.7 Å². The maximum absolute atomic E-state index is 13.6. The number of β-amino-alcohol motifs (C(OH)–C–C–N with tert-alkyl or cyclic N) is 1. The summed E-state index contributed by atoms with van der Waals surface area (Å²) in [7, 11) is 1.27. The van der Waals surface area contributed by atoms with Crippen LogP contribution in [0.3, 0.4) is 0 Å². The van der Waals surface area contributed by atoms with Gasteiger partial charge in [0.25, 0.3) is 11.5 Å².